The van der Waals surface area contributed by atoms with Crippen LogP contribution in [0.25, 0.3) is 0 Å². The first kappa shape index (κ1) is 11.7. The van der Waals surface area contributed by atoms with E-state index in [0.29, 0.717) is 12.4 Å². The van der Waals surface area contributed by atoms with Crippen molar-refractivity contribution in [2.24, 2.45) is 5.92 Å². The van der Waals surface area contributed by atoms with Gasteiger partial charge in [0.2, 0.25) is 0 Å². The molecule has 1 saturated heterocycles. The molecule has 2 heterocycles. The van der Waals surface area contributed by atoms with Gasteiger partial charge in [0.25, 0.3) is 0 Å². The maximum atomic E-state index is 13.9. The third kappa shape index (κ3) is 2.01. The molecule has 0 aliphatic carbocycles. The predicted octanol–water partition coefficient (Wildman–Crippen LogP) is 1.94. The molecule has 4 heteroatoms. The fourth-order valence-electron chi connectivity index (χ4n) is 2.69. The topological polar surface area (TPSA) is 38.3 Å². The minimum atomic E-state index is -0.445. The number of Topliss-reactive ketones (excluding diaryl/α,β-unsaturated/α-hetero) is 1. The maximum absolute atomic E-state index is 13.9. The molecule has 1 aromatic carbocycles. The Hall–Kier alpha value is -1.42. The van der Waals surface area contributed by atoms with Crippen molar-refractivity contribution in [2.45, 2.75) is 19.3 Å². The lowest BCUT2D eigenvalue weighted by molar-refractivity contribution is 0.0891. The first-order chi connectivity index (χ1) is 8.75. The van der Waals surface area contributed by atoms with Crippen molar-refractivity contribution in [3.8, 4) is 5.75 Å². The van der Waals surface area contributed by atoms with Crippen molar-refractivity contribution in [3.63, 3.8) is 0 Å². The molecule has 1 N–H and O–H groups in total. The number of carbonyl (C=O) groups is 1. The average molecular weight is 249 g/mol. The number of hydrogen-bond donors (Lipinski definition) is 1. The van der Waals surface area contributed by atoms with Gasteiger partial charge in [-0.25, -0.2) is 4.39 Å². The van der Waals surface area contributed by atoms with Crippen molar-refractivity contribution < 1.29 is 13.9 Å². The van der Waals surface area contributed by atoms with Crippen LogP contribution >= 0.6 is 0 Å². The van der Waals surface area contributed by atoms with Crippen LogP contribution in [-0.2, 0) is 6.42 Å². The normalized spacial score (nSPS) is 19.4. The highest BCUT2D eigenvalue weighted by molar-refractivity contribution is 5.98. The number of carbonyl (C=O) groups excluding carboxylic acids is 1. The Morgan fingerprint density at radius 1 is 1.33 bits per heavy atom. The molecule has 3 rings (SSSR count). The van der Waals surface area contributed by atoms with E-state index in [9.17, 15) is 9.18 Å². The summed E-state index contributed by atoms with van der Waals surface area (Å²) in [6.45, 7) is 2.26. The van der Waals surface area contributed by atoms with E-state index < -0.39 is 5.82 Å². The summed E-state index contributed by atoms with van der Waals surface area (Å²) < 4.78 is 19.2. The van der Waals surface area contributed by atoms with Crippen LogP contribution in [0.15, 0.2) is 12.1 Å². The van der Waals surface area contributed by atoms with E-state index in [2.05, 4.69) is 5.32 Å². The molecule has 0 saturated carbocycles. The van der Waals surface area contributed by atoms with E-state index in [1.807, 2.05) is 0 Å². The minimum absolute atomic E-state index is 0.0406. The molecule has 96 valence electrons. The monoisotopic (exact) mass is 249 g/mol. The van der Waals surface area contributed by atoms with Crippen LogP contribution in [0.2, 0.25) is 0 Å². The van der Waals surface area contributed by atoms with Crippen molar-refractivity contribution in [2.75, 3.05) is 19.7 Å². The zero-order chi connectivity index (χ0) is 12.5. The molecule has 1 fully saturated rings. The van der Waals surface area contributed by atoms with Crippen LogP contribution in [-0.4, -0.2) is 25.5 Å². The van der Waals surface area contributed by atoms with Crippen molar-refractivity contribution in [1.82, 2.24) is 5.32 Å². The number of ether oxygens (including phenoxy) is 1. The van der Waals surface area contributed by atoms with E-state index in [1.54, 1.807) is 6.07 Å². The van der Waals surface area contributed by atoms with Gasteiger partial charge in [0.15, 0.2) is 5.78 Å². The van der Waals surface area contributed by atoms with Crippen LogP contribution in [0.3, 0.4) is 0 Å². The molecular weight excluding hydrogens is 233 g/mol. The molecule has 0 spiro atoms. The molecule has 0 amide bonds. The van der Waals surface area contributed by atoms with Crippen molar-refractivity contribution in [3.05, 3.63) is 29.1 Å². The molecule has 0 aromatic heterocycles. The fourth-order valence-corrected chi connectivity index (χ4v) is 2.69. The molecule has 3 nitrogen and oxygen atoms in total. The largest absolute Gasteiger partial charge is 0.493 e. The molecular formula is C14H16FNO2. The first-order valence-corrected chi connectivity index (χ1v) is 6.46. The first-order valence-electron chi connectivity index (χ1n) is 6.46. The summed E-state index contributed by atoms with van der Waals surface area (Å²) in [7, 11) is 0. The molecule has 0 atom stereocenters. The standard InChI is InChI=1S/C14H16FNO2/c15-12-8-13-10(3-6-18-13)7-11(12)14(17)9-1-4-16-5-2-9/h7-9,16H,1-6H2. The Morgan fingerprint density at radius 2 is 2.11 bits per heavy atom. The zero-order valence-corrected chi connectivity index (χ0v) is 10.2. The number of nitrogens with one attached hydrogen (secondary N) is 1. The van der Waals surface area contributed by atoms with Crippen LogP contribution in [0.4, 0.5) is 4.39 Å². The van der Waals surface area contributed by atoms with E-state index in [0.717, 1.165) is 37.9 Å². The Balaban J connectivity index is 1.89. The smallest absolute Gasteiger partial charge is 0.168 e. The van der Waals surface area contributed by atoms with Crippen molar-refractivity contribution >= 4 is 5.78 Å². The van der Waals surface area contributed by atoms with Crippen LogP contribution < -0.4 is 10.1 Å². The number of fused-ring (bicyclic) bond motifs is 1. The molecule has 2 aliphatic heterocycles. The lowest BCUT2D eigenvalue weighted by atomic mass is 9.88. The van der Waals surface area contributed by atoms with E-state index in [1.165, 1.54) is 6.07 Å². The van der Waals surface area contributed by atoms with Gasteiger partial charge in [-0.15, -0.1) is 0 Å². The molecule has 0 radical (unpaired) electrons. The highest BCUT2D eigenvalue weighted by atomic mass is 19.1. The van der Waals surface area contributed by atoms with E-state index >= 15 is 0 Å². The second kappa shape index (κ2) is 4.69. The third-order valence-corrected chi connectivity index (χ3v) is 3.75. The Labute approximate surface area is 105 Å². The van der Waals surface area contributed by atoms with Gasteiger partial charge < -0.3 is 10.1 Å². The lowest BCUT2D eigenvalue weighted by Crippen LogP contribution is -2.32. The van der Waals surface area contributed by atoms with Gasteiger partial charge in [0.1, 0.15) is 11.6 Å². The number of rotatable bonds is 2. The minimum Gasteiger partial charge on any atom is -0.493 e. The Morgan fingerprint density at radius 3 is 2.89 bits per heavy atom. The number of hydrogen-bond acceptors (Lipinski definition) is 3. The summed E-state index contributed by atoms with van der Waals surface area (Å²) >= 11 is 0. The molecule has 0 bridgehead atoms. The lowest BCUT2D eigenvalue weighted by Gasteiger charge is -2.21. The van der Waals surface area contributed by atoms with E-state index in [-0.39, 0.29) is 17.3 Å². The fraction of sp³-hybridized carbons (Fsp3) is 0.500. The summed E-state index contributed by atoms with van der Waals surface area (Å²) in [6.07, 6.45) is 2.36. The highest BCUT2D eigenvalue weighted by Gasteiger charge is 2.26. The van der Waals surface area contributed by atoms with Gasteiger partial charge in [-0.2, -0.15) is 0 Å². The SMILES string of the molecule is O=C(c1cc2c(cc1F)OCC2)C1CCNCC1. The quantitative estimate of drug-likeness (QED) is 0.814. The number of ketones is 1. The van der Waals surface area contributed by atoms with Gasteiger partial charge in [-0.05, 0) is 37.6 Å². The maximum Gasteiger partial charge on any atom is 0.168 e. The van der Waals surface area contributed by atoms with Crippen LogP contribution in [0.1, 0.15) is 28.8 Å². The molecule has 18 heavy (non-hydrogen) atoms. The Kier molecular flexibility index (Phi) is 3.04. The predicted molar refractivity (Wildman–Crippen MR) is 65.5 cm³/mol. The molecule has 0 unspecified atom stereocenters. The van der Waals surface area contributed by atoms with Gasteiger partial charge in [0.05, 0.1) is 12.2 Å². The third-order valence-electron chi connectivity index (χ3n) is 3.75. The van der Waals surface area contributed by atoms with Gasteiger partial charge in [-0.3, -0.25) is 4.79 Å². The second-order valence-corrected chi connectivity index (χ2v) is 4.93. The number of halogens is 1. The van der Waals surface area contributed by atoms with Gasteiger partial charge in [-0.1, -0.05) is 0 Å². The average Bonchev–Trinajstić information content (AvgIpc) is 2.85. The molecule has 1 aromatic rings. The summed E-state index contributed by atoms with van der Waals surface area (Å²) in [5.74, 6) is 0.0540. The summed E-state index contributed by atoms with van der Waals surface area (Å²) in [6, 6.07) is 3.04. The van der Waals surface area contributed by atoms with E-state index in [4.69, 9.17) is 4.74 Å². The van der Waals surface area contributed by atoms with Gasteiger partial charge in [0, 0.05) is 18.4 Å². The summed E-state index contributed by atoms with van der Waals surface area (Å²) in [4.78, 5) is 12.3. The number of piperidine rings is 1. The highest BCUT2D eigenvalue weighted by Crippen LogP contribution is 2.30. The number of benzene rings is 1. The zero-order valence-electron chi connectivity index (χ0n) is 10.2. The Bertz CT molecular complexity index is 481. The van der Waals surface area contributed by atoms with Gasteiger partial charge >= 0.3 is 0 Å². The summed E-state index contributed by atoms with van der Waals surface area (Å²) in [5.41, 5.74) is 1.19. The van der Waals surface area contributed by atoms with Crippen LogP contribution in [0.5, 0.6) is 5.75 Å². The molecule has 2 aliphatic rings. The second-order valence-electron chi connectivity index (χ2n) is 4.93. The van der Waals surface area contributed by atoms with Crippen molar-refractivity contribution in [1.29, 1.82) is 0 Å². The van der Waals surface area contributed by atoms with Crippen LogP contribution in [0, 0.1) is 11.7 Å². The summed E-state index contributed by atoms with van der Waals surface area (Å²) in [5, 5.41) is 3.21.